The first-order valence-corrected chi connectivity index (χ1v) is 6.97. The highest BCUT2D eigenvalue weighted by atomic mass is 79.9. The first kappa shape index (κ1) is 14.0. The molecule has 1 N–H and O–H groups in total. The first-order valence-electron chi connectivity index (χ1n) is 6.18. The summed E-state index contributed by atoms with van der Waals surface area (Å²) in [4.78, 5) is 4.40. The molecule has 0 saturated carbocycles. The van der Waals surface area contributed by atoms with Gasteiger partial charge in [0.25, 0.3) is 0 Å². The van der Waals surface area contributed by atoms with Crippen LogP contribution in [0.1, 0.15) is 24.2 Å². The van der Waals surface area contributed by atoms with Crippen LogP contribution in [-0.2, 0) is 6.54 Å². The lowest BCUT2D eigenvalue weighted by Crippen LogP contribution is -2.19. The van der Waals surface area contributed by atoms with Crippen LogP contribution in [0.3, 0.4) is 0 Å². The number of ether oxygens (including phenoxy) is 1. The predicted octanol–water partition coefficient (Wildman–Crippen LogP) is 3.70. The predicted molar refractivity (Wildman–Crippen MR) is 80.2 cm³/mol. The molecule has 0 aliphatic rings. The van der Waals surface area contributed by atoms with Gasteiger partial charge in [-0.3, -0.25) is 0 Å². The van der Waals surface area contributed by atoms with Gasteiger partial charge in [0.2, 0.25) is 0 Å². The van der Waals surface area contributed by atoms with E-state index in [1.165, 1.54) is 0 Å². The third-order valence-corrected chi connectivity index (χ3v) is 3.41. The lowest BCUT2D eigenvalue weighted by Gasteiger charge is -2.17. The van der Waals surface area contributed by atoms with E-state index < -0.39 is 0 Å². The number of nitrogens with one attached hydrogen (secondary N) is 1. The smallest absolute Gasteiger partial charge is 0.123 e. The Morgan fingerprint density at radius 2 is 2.00 bits per heavy atom. The summed E-state index contributed by atoms with van der Waals surface area (Å²) >= 11 is 3.38. The Morgan fingerprint density at radius 1 is 1.21 bits per heavy atom. The molecule has 0 aliphatic heterocycles. The van der Waals surface area contributed by atoms with Crippen molar-refractivity contribution < 1.29 is 4.74 Å². The van der Waals surface area contributed by atoms with Crippen LogP contribution in [0.15, 0.2) is 47.1 Å². The molecule has 1 atom stereocenters. The number of methoxy groups -OCH3 is 1. The van der Waals surface area contributed by atoms with Crippen molar-refractivity contribution in [2.24, 2.45) is 0 Å². The van der Waals surface area contributed by atoms with Crippen molar-refractivity contribution in [1.29, 1.82) is 0 Å². The summed E-state index contributed by atoms with van der Waals surface area (Å²) in [7, 11) is 1.70. The number of hydrogen-bond donors (Lipinski definition) is 1. The van der Waals surface area contributed by atoms with Gasteiger partial charge in [-0.05, 0) is 41.1 Å². The summed E-state index contributed by atoms with van der Waals surface area (Å²) in [5, 5.41) is 3.45. The molecule has 1 aromatic heterocycles. The molecular weight excluding hydrogens is 304 g/mol. The number of pyridine rings is 1. The van der Waals surface area contributed by atoms with Crippen LogP contribution in [0.25, 0.3) is 0 Å². The van der Waals surface area contributed by atoms with Gasteiger partial charge in [0.1, 0.15) is 10.4 Å². The standard InChI is InChI=1S/C15H17BrN2O/c1-11(13-7-3-4-8-14(13)19-2)17-10-12-6-5-9-15(16)18-12/h3-9,11,17H,10H2,1-2H3. The van der Waals surface area contributed by atoms with Crippen molar-refractivity contribution in [3.05, 3.63) is 58.3 Å². The molecule has 1 heterocycles. The molecule has 2 aromatic rings. The summed E-state index contributed by atoms with van der Waals surface area (Å²) in [6.45, 7) is 2.84. The van der Waals surface area contributed by atoms with Crippen molar-refractivity contribution in [2.45, 2.75) is 19.5 Å². The van der Waals surface area contributed by atoms with Gasteiger partial charge in [0, 0.05) is 18.2 Å². The van der Waals surface area contributed by atoms with Gasteiger partial charge < -0.3 is 10.1 Å². The fraction of sp³-hybridized carbons (Fsp3) is 0.267. The van der Waals surface area contributed by atoms with E-state index in [0.717, 1.165) is 28.2 Å². The topological polar surface area (TPSA) is 34.1 Å². The number of benzene rings is 1. The Hall–Kier alpha value is -1.39. The fourth-order valence-corrected chi connectivity index (χ4v) is 2.32. The van der Waals surface area contributed by atoms with Gasteiger partial charge in [-0.2, -0.15) is 0 Å². The number of aromatic nitrogens is 1. The summed E-state index contributed by atoms with van der Waals surface area (Å²) in [5.41, 5.74) is 2.16. The third kappa shape index (κ3) is 3.78. The molecule has 0 fully saturated rings. The molecule has 0 amide bonds. The summed E-state index contributed by atoms with van der Waals surface area (Å²) in [5.74, 6) is 0.907. The minimum Gasteiger partial charge on any atom is -0.496 e. The molecule has 0 bridgehead atoms. The second kappa shape index (κ2) is 6.68. The molecule has 0 radical (unpaired) electrons. The largest absolute Gasteiger partial charge is 0.496 e. The van der Waals surface area contributed by atoms with Gasteiger partial charge in [0.05, 0.1) is 12.8 Å². The maximum atomic E-state index is 5.37. The van der Waals surface area contributed by atoms with E-state index in [0.29, 0.717) is 0 Å². The maximum Gasteiger partial charge on any atom is 0.123 e. The SMILES string of the molecule is COc1ccccc1C(C)NCc1cccc(Br)n1. The number of hydrogen-bond acceptors (Lipinski definition) is 3. The van der Waals surface area contributed by atoms with Crippen LogP contribution in [0, 0.1) is 0 Å². The summed E-state index contributed by atoms with van der Waals surface area (Å²) in [6, 6.07) is 14.2. The van der Waals surface area contributed by atoms with Gasteiger partial charge >= 0.3 is 0 Å². The quantitative estimate of drug-likeness (QED) is 0.853. The van der Waals surface area contributed by atoms with Gasteiger partial charge in [0.15, 0.2) is 0 Å². The van der Waals surface area contributed by atoms with Gasteiger partial charge in [-0.1, -0.05) is 24.3 Å². The summed E-state index contributed by atoms with van der Waals surface area (Å²) in [6.07, 6.45) is 0. The van der Waals surface area contributed by atoms with Crippen LogP contribution in [0.5, 0.6) is 5.75 Å². The van der Waals surface area contributed by atoms with Crippen molar-refractivity contribution in [3.63, 3.8) is 0 Å². The van der Waals surface area contributed by atoms with E-state index in [9.17, 15) is 0 Å². The highest BCUT2D eigenvalue weighted by molar-refractivity contribution is 9.10. The first-order chi connectivity index (χ1) is 9.20. The van der Waals surface area contributed by atoms with E-state index >= 15 is 0 Å². The molecule has 19 heavy (non-hydrogen) atoms. The molecule has 1 aromatic carbocycles. The minimum atomic E-state index is 0.205. The number of nitrogens with zero attached hydrogens (tertiary/aromatic N) is 1. The zero-order chi connectivity index (χ0) is 13.7. The van der Waals surface area contributed by atoms with Crippen LogP contribution in [0.2, 0.25) is 0 Å². The molecular formula is C15H17BrN2O. The van der Waals surface area contributed by atoms with Crippen molar-refractivity contribution in [3.8, 4) is 5.75 Å². The average Bonchev–Trinajstić information content (AvgIpc) is 2.45. The molecule has 0 saturated heterocycles. The minimum absolute atomic E-state index is 0.205. The van der Waals surface area contributed by atoms with Crippen LogP contribution in [0.4, 0.5) is 0 Å². The summed E-state index contributed by atoms with van der Waals surface area (Å²) < 4.78 is 6.23. The monoisotopic (exact) mass is 320 g/mol. The zero-order valence-corrected chi connectivity index (χ0v) is 12.6. The van der Waals surface area contributed by atoms with Crippen molar-refractivity contribution in [2.75, 3.05) is 7.11 Å². The van der Waals surface area contributed by atoms with E-state index in [1.54, 1.807) is 7.11 Å². The lowest BCUT2D eigenvalue weighted by molar-refractivity contribution is 0.401. The Bertz CT molecular complexity index is 545. The Labute approximate surface area is 122 Å². The normalized spacial score (nSPS) is 12.2. The molecule has 1 unspecified atom stereocenters. The van der Waals surface area contributed by atoms with E-state index in [2.05, 4.69) is 39.2 Å². The van der Waals surface area contributed by atoms with E-state index in [4.69, 9.17) is 4.74 Å². The molecule has 0 aliphatic carbocycles. The van der Waals surface area contributed by atoms with Crippen LogP contribution >= 0.6 is 15.9 Å². The second-order valence-corrected chi connectivity index (χ2v) is 5.11. The molecule has 0 spiro atoms. The molecule has 3 nitrogen and oxygen atoms in total. The molecule has 2 rings (SSSR count). The Kier molecular flexibility index (Phi) is 4.93. The number of rotatable bonds is 5. The van der Waals surface area contributed by atoms with E-state index in [-0.39, 0.29) is 6.04 Å². The Balaban J connectivity index is 2.03. The van der Waals surface area contributed by atoms with Crippen molar-refractivity contribution in [1.82, 2.24) is 10.3 Å². The highest BCUT2D eigenvalue weighted by Gasteiger charge is 2.10. The number of halogens is 1. The average molecular weight is 321 g/mol. The van der Waals surface area contributed by atoms with Gasteiger partial charge in [-0.15, -0.1) is 0 Å². The van der Waals surface area contributed by atoms with Gasteiger partial charge in [-0.25, -0.2) is 4.98 Å². The lowest BCUT2D eigenvalue weighted by atomic mass is 10.1. The molecule has 4 heteroatoms. The highest BCUT2D eigenvalue weighted by Crippen LogP contribution is 2.24. The second-order valence-electron chi connectivity index (χ2n) is 4.30. The zero-order valence-electron chi connectivity index (χ0n) is 11.1. The van der Waals surface area contributed by atoms with E-state index in [1.807, 2.05) is 36.4 Å². The third-order valence-electron chi connectivity index (χ3n) is 2.97. The van der Waals surface area contributed by atoms with Crippen LogP contribution < -0.4 is 10.1 Å². The molecule has 100 valence electrons. The maximum absolute atomic E-state index is 5.37. The Morgan fingerprint density at radius 3 is 2.74 bits per heavy atom. The van der Waals surface area contributed by atoms with Crippen molar-refractivity contribution >= 4 is 15.9 Å². The fourth-order valence-electron chi connectivity index (χ4n) is 1.94. The van der Waals surface area contributed by atoms with Crippen LogP contribution in [-0.4, -0.2) is 12.1 Å². The number of para-hydroxylation sites is 1.